The summed E-state index contributed by atoms with van der Waals surface area (Å²) < 4.78 is 5.44. The van der Waals surface area contributed by atoms with Crippen LogP contribution in [0.2, 0.25) is 0 Å². The molecule has 1 unspecified atom stereocenters. The van der Waals surface area contributed by atoms with Crippen molar-refractivity contribution in [1.29, 1.82) is 0 Å². The SMILES string of the molecule is Cc1ccc(C)c(NC(=O)C2CCCN(Cc3nc(-c4ccccc4)no3)C2)c1. The van der Waals surface area contributed by atoms with Crippen molar-refractivity contribution in [3.63, 3.8) is 0 Å². The van der Waals surface area contributed by atoms with Crippen LogP contribution in [0.5, 0.6) is 0 Å². The van der Waals surface area contributed by atoms with E-state index in [9.17, 15) is 4.79 Å². The van der Waals surface area contributed by atoms with Gasteiger partial charge in [0, 0.05) is 17.8 Å². The third-order valence-electron chi connectivity index (χ3n) is 5.39. The first-order valence-electron chi connectivity index (χ1n) is 10.1. The van der Waals surface area contributed by atoms with Crippen LogP contribution >= 0.6 is 0 Å². The van der Waals surface area contributed by atoms with E-state index in [2.05, 4.69) is 26.4 Å². The molecule has 3 aromatic rings. The highest BCUT2D eigenvalue weighted by atomic mass is 16.5. The lowest BCUT2D eigenvalue weighted by atomic mass is 9.96. The van der Waals surface area contributed by atoms with Crippen molar-refractivity contribution in [1.82, 2.24) is 15.0 Å². The van der Waals surface area contributed by atoms with Gasteiger partial charge in [0.05, 0.1) is 12.5 Å². The van der Waals surface area contributed by atoms with Gasteiger partial charge in [0.15, 0.2) is 0 Å². The van der Waals surface area contributed by atoms with Gasteiger partial charge in [-0.1, -0.05) is 47.6 Å². The maximum absolute atomic E-state index is 12.8. The van der Waals surface area contributed by atoms with E-state index in [4.69, 9.17) is 4.52 Å². The summed E-state index contributed by atoms with van der Waals surface area (Å²) in [6.45, 7) is 6.23. The average molecular weight is 390 g/mol. The maximum Gasteiger partial charge on any atom is 0.241 e. The molecule has 6 heteroatoms. The lowest BCUT2D eigenvalue weighted by molar-refractivity contribution is -0.121. The van der Waals surface area contributed by atoms with Crippen molar-refractivity contribution >= 4 is 11.6 Å². The largest absolute Gasteiger partial charge is 0.338 e. The van der Waals surface area contributed by atoms with Crippen molar-refractivity contribution in [2.75, 3.05) is 18.4 Å². The predicted octanol–water partition coefficient (Wildman–Crippen LogP) is 4.20. The Labute approximate surface area is 170 Å². The molecular formula is C23H26N4O2. The molecule has 0 bridgehead atoms. The van der Waals surface area contributed by atoms with Crippen LogP contribution in [-0.2, 0) is 11.3 Å². The summed E-state index contributed by atoms with van der Waals surface area (Å²) in [7, 11) is 0. The highest BCUT2D eigenvalue weighted by Gasteiger charge is 2.27. The van der Waals surface area contributed by atoms with Crippen LogP contribution < -0.4 is 5.32 Å². The molecule has 0 radical (unpaired) electrons. The number of likely N-dealkylation sites (tertiary alicyclic amines) is 1. The fraction of sp³-hybridized carbons (Fsp3) is 0.348. The molecule has 29 heavy (non-hydrogen) atoms. The Balaban J connectivity index is 1.38. The Bertz CT molecular complexity index is 984. The fourth-order valence-electron chi connectivity index (χ4n) is 3.73. The van der Waals surface area contributed by atoms with Crippen molar-refractivity contribution < 1.29 is 9.32 Å². The Hall–Kier alpha value is -2.99. The van der Waals surface area contributed by atoms with Gasteiger partial charge < -0.3 is 9.84 Å². The molecule has 0 aliphatic carbocycles. The van der Waals surface area contributed by atoms with E-state index in [0.29, 0.717) is 24.8 Å². The number of piperidine rings is 1. The van der Waals surface area contributed by atoms with Gasteiger partial charge in [-0.15, -0.1) is 0 Å². The highest BCUT2D eigenvalue weighted by Crippen LogP contribution is 2.23. The zero-order chi connectivity index (χ0) is 20.2. The number of hydrogen-bond acceptors (Lipinski definition) is 5. The number of nitrogens with one attached hydrogen (secondary N) is 1. The van der Waals surface area contributed by atoms with Gasteiger partial charge in [0.2, 0.25) is 17.6 Å². The molecule has 4 rings (SSSR count). The topological polar surface area (TPSA) is 71.3 Å². The summed E-state index contributed by atoms with van der Waals surface area (Å²) in [6.07, 6.45) is 1.87. The number of anilines is 1. The Morgan fingerprint density at radius 3 is 2.86 bits per heavy atom. The van der Waals surface area contributed by atoms with Crippen molar-refractivity contribution in [2.24, 2.45) is 5.92 Å². The lowest BCUT2D eigenvalue weighted by Gasteiger charge is -2.31. The van der Waals surface area contributed by atoms with Gasteiger partial charge in [-0.2, -0.15) is 4.98 Å². The van der Waals surface area contributed by atoms with Crippen molar-refractivity contribution in [2.45, 2.75) is 33.2 Å². The number of amides is 1. The van der Waals surface area contributed by atoms with Crippen LogP contribution in [0.1, 0.15) is 29.9 Å². The van der Waals surface area contributed by atoms with E-state index in [1.165, 1.54) is 0 Å². The third kappa shape index (κ3) is 4.71. The minimum atomic E-state index is -0.0415. The first-order valence-corrected chi connectivity index (χ1v) is 10.1. The Morgan fingerprint density at radius 2 is 2.03 bits per heavy atom. The molecule has 2 aromatic carbocycles. The number of rotatable bonds is 5. The Morgan fingerprint density at radius 1 is 1.21 bits per heavy atom. The summed E-state index contributed by atoms with van der Waals surface area (Å²) in [5.41, 5.74) is 4.06. The van der Waals surface area contributed by atoms with Gasteiger partial charge >= 0.3 is 0 Å². The van der Waals surface area contributed by atoms with Crippen molar-refractivity contribution in [3.8, 4) is 11.4 Å². The molecule has 1 aliphatic heterocycles. The van der Waals surface area contributed by atoms with Crippen LogP contribution in [0.15, 0.2) is 53.1 Å². The number of carbonyl (C=O) groups is 1. The van der Waals surface area contributed by atoms with E-state index < -0.39 is 0 Å². The molecule has 0 saturated carbocycles. The van der Waals surface area contributed by atoms with Crippen LogP contribution in [0, 0.1) is 19.8 Å². The molecule has 1 saturated heterocycles. The molecule has 1 amide bonds. The summed E-state index contributed by atoms with van der Waals surface area (Å²) in [6, 6.07) is 15.9. The van der Waals surface area contributed by atoms with Gasteiger partial charge in [-0.25, -0.2) is 0 Å². The number of benzene rings is 2. The van der Waals surface area contributed by atoms with E-state index in [1.54, 1.807) is 0 Å². The minimum Gasteiger partial charge on any atom is -0.338 e. The number of nitrogens with zero attached hydrogens (tertiary/aromatic N) is 3. The van der Waals surface area contributed by atoms with Crippen LogP contribution in [-0.4, -0.2) is 34.0 Å². The van der Waals surface area contributed by atoms with Crippen LogP contribution in [0.25, 0.3) is 11.4 Å². The fourth-order valence-corrected chi connectivity index (χ4v) is 3.73. The first kappa shape index (κ1) is 19.3. The first-order chi connectivity index (χ1) is 14.1. The minimum absolute atomic E-state index is 0.0415. The zero-order valence-electron chi connectivity index (χ0n) is 16.9. The quantitative estimate of drug-likeness (QED) is 0.707. The molecule has 150 valence electrons. The molecule has 1 aliphatic rings. The Kier molecular flexibility index (Phi) is 5.71. The second-order valence-electron chi connectivity index (χ2n) is 7.76. The summed E-state index contributed by atoms with van der Waals surface area (Å²) in [5, 5.41) is 7.20. The van der Waals surface area contributed by atoms with Crippen molar-refractivity contribution in [3.05, 3.63) is 65.5 Å². The standard InChI is InChI=1S/C23H26N4O2/c1-16-10-11-17(2)20(13-16)24-23(28)19-9-6-12-27(14-19)15-21-25-22(26-29-21)18-7-4-3-5-8-18/h3-5,7-8,10-11,13,19H,6,9,12,14-15H2,1-2H3,(H,24,28). The number of aromatic nitrogens is 2. The lowest BCUT2D eigenvalue weighted by Crippen LogP contribution is -2.40. The maximum atomic E-state index is 12.8. The van der Waals surface area contributed by atoms with E-state index in [0.717, 1.165) is 41.8 Å². The molecule has 1 atom stereocenters. The molecule has 1 fully saturated rings. The van der Waals surface area contributed by atoms with Gasteiger partial charge in [-0.3, -0.25) is 9.69 Å². The summed E-state index contributed by atoms with van der Waals surface area (Å²) in [5.74, 6) is 1.22. The molecular weight excluding hydrogens is 364 g/mol. The van der Waals surface area contributed by atoms with Crippen LogP contribution in [0.4, 0.5) is 5.69 Å². The number of aryl methyl sites for hydroxylation is 2. The van der Waals surface area contributed by atoms with Gasteiger partial charge in [0.1, 0.15) is 0 Å². The summed E-state index contributed by atoms with van der Waals surface area (Å²) in [4.78, 5) is 19.6. The normalized spacial score (nSPS) is 17.2. The predicted molar refractivity (Wildman–Crippen MR) is 112 cm³/mol. The second-order valence-corrected chi connectivity index (χ2v) is 7.76. The zero-order valence-corrected chi connectivity index (χ0v) is 16.9. The number of hydrogen-bond donors (Lipinski definition) is 1. The molecule has 2 heterocycles. The molecule has 1 N–H and O–H groups in total. The molecule has 0 spiro atoms. The van der Waals surface area contributed by atoms with E-state index in [-0.39, 0.29) is 11.8 Å². The number of carbonyl (C=O) groups excluding carboxylic acids is 1. The second kappa shape index (κ2) is 8.57. The molecule has 1 aromatic heterocycles. The monoisotopic (exact) mass is 390 g/mol. The van der Waals surface area contributed by atoms with Crippen LogP contribution in [0.3, 0.4) is 0 Å². The van der Waals surface area contributed by atoms with E-state index >= 15 is 0 Å². The van der Waals surface area contributed by atoms with Gasteiger partial charge in [-0.05, 0) is 50.4 Å². The molecule has 6 nitrogen and oxygen atoms in total. The smallest absolute Gasteiger partial charge is 0.241 e. The highest BCUT2D eigenvalue weighted by molar-refractivity contribution is 5.93. The average Bonchev–Trinajstić information content (AvgIpc) is 3.20. The third-order valence-corrected chi connectivity index (χ3v) is 5.39. The van der Waals surface area contributed by atoms with E-state index in [1.807, 2.05) is 56.3 Å². The van der Waals surface area contributed by atoms with Gasteiger partial charge in [0.25, 0.3) is 0 Å². The summed E-state index contributed by atoms with van der Waals surface area (Å²) >= 11 is 0.